The van der Waals surface area contributed by atoms with Gasteiger partial charge in [0.1, 0.15) is 0 Å². The molecule has 2 aromatic carbocycles. The Bertz CT molecular complexity index is 1830. The highest BCUT2D eigenvalue weighted by Crippen LogP contribution is 2.73. The van der Waals surface area contributed by atoms with Gasteiger partial charge in [0, 0.05) is 48.5 Å². The van der Waals surface area contributed by atoms with Gasteiger partial charge in [-0.2, -0.15) is 17.2 Å². The fraction of sp³-hybridized carbons (Fsp3) is 0.462. The molecule has 7 N–H and O–H groups in total. The number of phosphoric acid groups is 5. The molecule has 0 radical (unpaired) electrons. The summed E-state index contributed by atoms with van der Waals surface area (Å²) in [5.74, 6) is -1.10. The number of carbonyl (C=O) groups is 2. The molecule has 0 spiro atoms. The molecule has 26 nitrogen and oxygen atoms in total. The van der Waals surface area contributed by atoms with Crippen molar-refractivity contribution in [3.05, 3.63) is 79.9 Å². The minimum atomic E-state index is -6.24. The molecule has 57 heavy (non-hydrogen) atoms. The van der Waals surface area contributed by atoms with Crippen molar-refractivity contribution in [3.63, 3.8) is 0 Å². The van der Waals surface area contributed by atoms with Crippen molar-refractivity contribution in [3.8, 4) is 0 Å². The lowest BCUT2D eigenvalue weighted by Crippen LogP contribution is -2.24. The summed E-state index contributed by atoms with van der Waals surface area (Å²) in [6.07, 6.45) is 2.49. The van der Waals surface area contributed by atoms with Crippen LogP contribution in [-0.4, -0.2) is 72.4 Å². The molecular formula is C26H39N4O22P5. The summed E-state index contributed by atoms with van der Waals surface area (Å²) >= 11 is 0. The average Bonchev–Trinajstić information content (AvgIpc) is 3.08. The van der Waals surface area contributed by atoms with E-state index < -0.39 is 74.0 Å². The number of phosphoric ester groups is 2. The molecule has 2 rings (SSSR count). The van der Waals surface area contributed by atoms with Crippen LogP contribution in [0.5, 0.6) is 0 Å². The molecule has 0 bridgehead atoms. The Labute approximate surface area is 323 Å². The summed E-state index contributed by atoms with van der Waals surface area (Å²) in [6, 6.07) is 10.1. The van der Waals surface area contributed by atoms with Gasteiger partial charge in [0.15, 0.2) is 0 Å². The Morgan fingerprint density at radius 3 is 1.18 bits per heavy atom. The van der Waals surface area contributed by atoms with Gasteiger partial charge < -0.3 is 35.1 Å². The zero-order valence-electron chi connectivity index (χ0n) is 29.4. The van der Waals surface area contributed by atoms with Crippen LogP contribution < -0.4 is 10.6 Å². The number of hydrogen-bond donors (Lipinski definition) is 7. The normalized spacial score (nSPS) is 16.8. The largest absolute Gasteiger partial charge is 0.490 e. The van der Waals surface area contributed by atoms with E-state index in [1.54, 1.807) is 0 Å². The molecule has 2 amide bonds. The maximum Gasteiger partial charge on any atom is 0.490 e. The lowest BCUT2D eigenvalue weighted by Gasteiger charge is -2.20. The predicted molar refractivity (Wildman–Crippen MR) is 193 cm³/mol. The second kappa shape index (κ2) is 22.9. The number of nitro benzene ring substituents is 2. The smallest absolute Gasteiger partial charge is 0.352 e. The Hall–Kier alpha value is -3.11. The number of rotatable bonds is 28. The molecule has 4 atom stereocenters. The highest BCUT2D eigenvalue weighted by Gasteiger charge is 2.48. The van der Waals surface area contributed by atoms with Crippen LogP contribution in [0.1, 0.15) is 72.1 Å². The Kier molecular flexibility index (Phi) is 20.1. The van der Waals surface area contributed by atoms with E-state index in [9.17, 15) is 77.1 Å². The average molecular weight is 914 g/mol. The molecule has 31 heteroatoms. The Morgan fingerprint density at radius 2 is 0.842 bits per heavy atom. The minimum absolute atomic E-state index is 0.0610. The van der Waals surface area contributed by atoms with Gasteiger partial charge in [-0.15, -0.1) is 0 Å². The zero-order chi connectivity index (χ0) is 42.9. The van der Waals surface area contributed by atoms with Gasteiger partial charge in [-0.05, 0) is 37.8 Å². The topological polar surface area (TPSA) is 386 Å². The van der Waals surface area contributed by atoms with Crippen molar-refractivity contribution < 1.29 is 93.0 Å². The van der Waals surface area contributed by atoms with Crippen LogP contribution >= 0.6 is 39.1 Å². The first-order chi connectivity index (χ1) is 26.4. The first-order valence-corrected chi connectivity index (χ1v) is 23.7. The van der Waals surface area contributed by atoms with Gasteiger partial charge in [0.25, 0.3) is 23.2 Å². The third-order valence-corrected chi connectivity index (χ3v) is 14.3. The van der Waals surface area contributed by atoms with Gasteiger partial charge in [0.05, 0.1) is 23.1 Å². The van der Waals surface area contributed by atoms with E-state index in [4.69, 9.17) is 0 Å². The van der Waals surface area contributed by atoms with E-state index in [1.165, 1.54) is 36.4 Å². The van der Waals surface area contributed by atoms with Crippen LogP contribution in [0.15, 0.2) is 48.5 Å². The minimum Gasteiger partial charge on any atom is -0.352 e. The lowest BCUT2D eigenvalue weighted by molar-refractivity contribution is -0.385. The first kappa shape index (κ1) is 50.0. The van der Waals surface area contributed by atoms with Crippen molar-refractivity contribution in [1.82, 2.24) is 10.6 Å². The Balaban J connectivity index is 1.65. The van der Waals surface area contributed by atoms with E-state index in [0.29, 0.717) is 38.5 Å². The second-order valence-electron chi connectivity index (χ2n) is 11.3. The quantitative estimate of drug-likeness (QED) is 0.0243. The number of nitro groups is 2. The summed E-state index contributed by atoms with van der Waals surface area (Å²) in [4.78, 5) is 92.9. The van der Waals surface area contributed by atoms with Crippen molar-refractivity contribution in [2.24, 2.45) is 0 Å². The second-order valence-corrected chi connectivity index (χ2v) is 19.1. The monoisotopic (exact) mass is 914 g/mol. The number of unbranched alkanes of at least 4 members (excludes halogenated alkanes) is 6. The van der Waals surface area contributed by atoms with Gasteiger partial charge in [-0.3, -0.25) is 38.9 Å². The van der Waals surface area contributed by atoms with E-state index in [1.807, 2.05) is 0 Å². The number of carbonyl (C=O) groups excluding carboxylic acids is 2. The predicted octanol–water partition coefficient (Wildman–Crippen LogP) is 5.39. The fourth-order valence-electron chi connectivity index (χ4n) is 4.26. The van der Waals surface area contributed by atoms with Crippen molar-refractivity contribution in [2.45, 2.75) is 51.4 Å². The van der Waals surface area contributed by atoms with Gasteiger partial charge in [-0.1, -0.05) is 37.8 Å². The van der Waals surface area contributed by atoms with Gasteiger partial charge in [0.2, 0.25) is 0 Å². The maximum absolute atomic E-state index is 12.1. The van der Waals surface area contributed by atoms with E-state index >= 15 is 0 Å². The summed E-state index contributed by atoms with van der Waals surface area (Å²) in [7, 11) is -29.4. The Morgan fingerprint density at radius 1 is 0.526 bits per heavy atom. The SMILES string of the molecule is O=C(NCCCCCCOP(=O)(O)OP(=O)(O)OP(=O)(O)OP(=O)(O)OP(=O)(O)OCCCCCCNC(=O)c1cccc([N+](=O)[O-])c1)c1cccc([N+](=O)[O-])c1. The van der Waals surface area contributed by atoms with Crippen LogP contribution in [0.2, 0.25) is 0 Å². The first-order valence-electron chi connectivity index (χ1n) is 16.3. The number of hydrogen-bond acceptors (Lipinski definition) is 17. The van der Waals surface area contributed by atoms with Crippen LogP contribution in [0.3, 0.4) is 0 Å². The maximum atomic E-state index is 12.1. The number of nitrogens with one attached hydrogen (secondary N) is 2. The number of nitrogens with zero attached hydrogens (tertiary/aromatic N) is 2. The molecule has 0 fully saturated rings. The van der Waals surface area contributed by atoms with E-state index in [-0.39, 0.29) is 48.4 Å². The standard InChI is InChI=1S/C26H39N4O22P5/c31-25(21-11-9-13-23(19-21)29(33)34)27-15-5-1-3-7-17-47-53(37,38)49-55(41,42)51-57(45,46)52-56(43,44)50-54(39,40)48-18-8-4-2-6-16-28-26(32)22-12-10-14-24(20-22)30(35)36/h9-14,19-20H,1-8,15-18H2,(H,27,31)(H,28,32)(H,37,38)(H,39,40)(H,41,42)(H,43,44)(H,45,46). The highest BCUT2D eigenvalue weighted by atomic mass is 31.3. The molecule has 0 aliphatic carbocycles. The fourth-order valence-corrected chi connectivity index (χ4v) is 10.7. The van der Waals surface area contributed by atoms with Crippen LogP contribution in [0.4, 0.5) is 11.4 Å². The number of non-ortho nitro benzene ring substituents is 2. The molecule has 2 aromatic rings. The molecule has 0 aliphatic heterocycles. The van der Waals surface area contributed by atoms with E-state index in [0.717, 1.165) is 12.1 Å². The van der Waals surface area contributed by atoms with Crippen molar-refractivity contribution in [1.29, 1.82) is 0 Å². The van der Waals surface area contributed by atoms with Crippen LogP contribution in [0, 0.1) is 20.2 Å². The molecule has 0 aromatic heterocycles. The molecule has 0 saturated carbocycles. The van der Waals surface area contributed by atoms with Crippen LogP contribution in [0.25, 0.3) is 0 Å². The third kappa shape index (κ3) is 20.9. The van der Waals surface area contributed by atoms with Gasteiger partial charge in [-0.25, -0.2) is 22.8 Å². The lowest BCUT2D eigenvalue weighted by atomic mass is 10.1. The third-order valence-electron chi connectivity index (χ3n) is 6.69. The number of benzene rings is 2. The summed E-state index contributed by atoms with van der Waals surface area (Å²) < 4.78 is 84.3. The highest BCUT2D eigenvalue weighted by molar-refractivity contribution is 7.71. The molecule has 0 heterocycles. The van der Waals surface area contributed by atoms with Crippen molar-refractivity contribution in [2.75, 3.05) is 26.3 Å². The molecular weight excluding hydrogens is 875 g/mol. The summed E-state index contributed by atoms with van der Waals surface area (Å²) in [6.45, 7) is -0.769. The van der Waals surface area contributed by atoms with Crippen LogP contribution in [-0.2, 0) is 49.1 Å². The number of amides is 2. The zero-order valence-corrected chi connectivity index (χ0v) is 33.9. The summed E-state index contributed by atoms with van der Waals surface area (Å²) in [5, 5.41) is 26.8. The van der Waals surface area contributed by atoms with E-state index in [2.05, 4.69) is 36.9 Å². The molecule has 0 aliphatic rings. The van der Waals surface area contributed by atoms with Gasteiger partial charge >= 0.3 is 39.1 Å². The molecule has 4 unspecified atom stereocenters. The molecule has 0 saturated heterocycles. The van der Waals surface area contributed by atoms with Crippen molar-refractivity contribution >= 4 is 62.3 Å². The summed E-state index contributed by atoms with van der Waals surface area (Å²) in [5.41, 5.74) is -0.366. The molecule has 320 valence electrons.